The summed E-state index contributed by atoms with van der Waals surface area (Å²) in [5.41, 5.74) is 0.645. The van der Waals surface area contributed by atoms with Crippen molar-refractivity contribution in [3.63, 3.8) is 0 Å². The lowest BCUT2D eigenvalue weighted by atomic mass is 10.2. The van der Waals surface area contributed by atoms with Crippen LogP contribution in [0.25, 0.3) is 10.9 Å². The van der Waals surface area contributed by atoms with E-state index in [2.05, 4.69) is 9.97 Å². The number of fused-ring (bicyclic) bond motifs is 1. The number of carboxylic acid groups (broad SMARTS) is 1. The molecular formula is C11H12N2O3. The molecule has 5 heteroatoms. The third-order valence-corrected chi connectivity index (χ3v) is 1.85. The SMILES string of the molecule is CCC(=O)O.O=c1[nH]cnc2ccccc12. The van der Waals surface area contributed by atoms with Crippen molar-refractivity contribution in [1.29, 1.82) is 0 Å². The molecule has 0 fully saturated rings. The molecule has 0 aliphatic rings. The summed E-state index contributed by atoms with van der Waals surface area (Å²) in [6, 6.07) is 7.24. The predicted octanol–water partition coefficient (Wildman–Crippen LogP) is 1.40. The fourth-order valence-corrected chi connectivity index (χ4v) is 1.02. The average Bonchev–Trinajstić information content (AvgIpc) is 2.30. The number of aromatic nitrogens is 2. The highest BCUT2D eigenvalue weighted by atomic mass is 16.4. The summed E-state index contributed by atoms with van der Waals surface area (Å²) in [6.07, 6.45) is 1.63. The summed E-state index contributed by atoms with van der Waals surface area (Å²) in [5, 5.41) is 8.36. The molecule has 0 amide bonds. The van der Waals surface area contributed by atoms with Gasteiger partial charge in [0.2, 0.25) is 0 Å². The van der Waals surface area contributed by atoms with Gasteiger partial charge in [0.1, 0.15) is 0 Å². The Morgan fingerprint density at radius 1 is 1.44 bits per heavy atom. The minimum Gasteiger partial charge on any atom is -0.481 e. The van der Waals surface area contributed by atoms with Crippen LogP contribution in [-0.4, -0.2) is 21.0 Å². The molecule has 0 bridgehead atoms. The zero-order valence-electron chi connectivity index (χ0n) is 8.80. The summed E-state index contributed by atoms with van der Waals surface area (Å²) in [5.74, 6) is -0.745. The van der Waals surface area contributed by atoms with Crippen LogP contribution in [0, 0.1) is 0 Å². The lowest BCUT2D eigenvalue weighted by Crippen LogP contribution is -2.05. The van der Waals surface area contributed by atoms with Crippen molar-refractivity contribution >= 4 is 16.9 Å². The molecule has 2 rings (SSSR count). The van der Waals surface area contributed by atoms with Gasteiger partial charge in [0.15, 0.2) is 0 Å². The maximum atomic E-state index is 11.1. The van der Waals surface area contributed by atoms with Crippen LogP contribution in [0.5, 0.6) is 0 Å². The normalized spacial score (nSPS) is 9.31. The highest BCUT2D eigenvalue weighted by Crippen LogP contribution is 2.02. The molecule has 5 nitrogen and oxygen atoms in total. The van der Waals surface area contributed by atoms with E-state index in [9.17, 15) is 9.59 Å². The second-order valence-electron chi connectivity index (χ2n) is 3.00. The Morgan fingerprint density at radius 2 is 2.06 bits per heavy atom. The van der Waals surface area contributed by atoms with Crippen LogP contribution in [0.2, 0.25) is 0 Å². The number of H-pyrrole nitrogens is 1. The van der Waals surface area contributed by atoms with Crippen LogP contribution in [0.15, 0.2) is 35.4 Å². The molecule has 0 radical (unpaired) electrons. The van der Waals surface area contributed by atoms with Crippen molar-refractivity contribution in [2.24, 2.45) is 0 Å². The summed E-state index contributed by atoms with van der Waals surface area (Å²) >= 11 is 0. The van der Waals surface area contributed by atoms with Gasteiger partial charge in [0, 0.05) is 6.42 Å². The lowest BCUT2D eigenvalue weighted by Gasteiger charge is -1.91. The van der Waals surface area contributed by atoms with E-state index in [0.29, 0.717) is 5.39 Å². The molecular weight excluding hydrogens is 208 g/mol. The van der Waals surface area contributed by atoms with Gasteiger partial charge >= 0.3 is 5.97 Å². The second-order valence-corrected chi connectivity index (χ2v) is 3.00. The third-order valence-electron chi connectivity index (χ3n) is 1.85. The van der Waals surface area contributed by atoms with Crippen LogP contribution < -0.4 is 5.56 Å². The molecule has 1 heterocycles. The van der Waals surface area contributed by atoms with Crippen LogP contribution in [0.4, 0.5) is 0 Å². The van der Waals surface area contributed by atoms with Gasteiger partial charge in [-0.3, -0.25) is 9.59 Å². The number of rotatable bonds is 1. The number of carboxylic acids is 1. The predicted molar refractivity (Wildman–Crippen MR) is 60.3 cm³/mol. The van der Waals surface area contributed by atoms with Gasteiger partial charge in [-0.25, -0.2) is 4.98 Å². The van der Waals surface area contributed by atoms with E-state index in [0.717, 1.165) is 5.52 Å². The van der Waals surface area contributed by atoms with Crippen LogP contribution >= 0.6 is 0 Å². The van der Waals surface area contributed by atoms with E-state index < -0.39 is 5.97 Å². The molecule has 0 atom stereocenters. The maximum Gasteiger partial charge on any atom is 0.303 e. The minimum atomic E-state index is -0.745. The van der Waals surface area contributed by atoms with E-state index in [4.69, 9.17) is 5.11 Å². The molecule has 0 unspecified atom stereocenters. The van der Waals surface area contributed by atoms with Crippen molar-refractivity contribution in [2.45, 2.75) is 13.3 Å². The molecule has 1 aromatic heterocycles. The zero-order chi connectivity index (χ0) is 12.0. The van der Waals surface area contributed by atoms with Gasteiger partial charge in [-0.1, -0.05) is 19.1 Å². The number of aliphatic carboxylic acids is 1. The Labute approximate surface area is 91.8 Å². The first-order valence-corrected chi connectivity index (χ1v) is 4.79. The lowest BCUT2D eigenvalue weighted by molar-refractivity contribution is -0.136. The summed E-state index contributed by atoms with van der Waals surface area (Å²) in [6.45, 7) is 1.60. The molecule has 1 aromatic carbocycles. The molecule has 0 aliphatic carbocycles. The largest absolute Gasteiger partial charge is 0.481 e. The van der Waals surface area contributed by atoms with Gasteiger partial charge in [-0.15, -0.1) is 0 Å². The first-order chi connectivity index (χ1) is 7.65. The number of para-hydroxylation sites is 1. The summed E-state index contributed by atoms with van der Waals surface area (Å²) < 4.78 is 0. The molecule has 0 saturated carbocycles. The van der Waals surface area contributed by atoms with Crippen LogP contribution in [0.3, 0.4) is 0 Å². The number of carbonyl (C=O) groups is 1. The molecule has 0 saturated heterocycles. The van der Waals surface area contributed by atoms with E-state index in [1.54, 1.807) is 13.0 Å². The Balaban J connectivity index is 0.000000221. The number of hydrogen-bond acceptors (Lipinski definition) is 3. The first-order valence-electron chi connectivity index (χ1n) is 4.79. The molecule has 0 spiro atoms. The fraction of sp³-hybridized carbons (Fsp3) is 0.182. The van der Waals surface area contributed by atoms with Gasteiger partial charge in [-0.2, -0.15) is 0 Å². The van der Waals surface area contributed by atoms with Gasteiger partial charge in [-0.05, 0) is 12.1 Å². The second kappa shape index (κ2) is 5.65. The molecule has 0 aliphatic heterocycles. The summed E-state index contributed by atoms with van der Waals surface area (Å²) in [4.78, 5) is 26.9. The maximum absolute atomic E-state index is 11.1. The quantitative estimate of drug-likeness (QED) is 0.761. The molecule has 2 N–H and O–H groups in total. The highest BCUT2D eigenvalue weighted by molar-refractivity contribution is 5.76. The Kier molecular flexibility index (Phi) is 4.20. The number of nitrogens with zero attached hydrogens (tertiary/aromatic N) is 1. The number of hydrogen-bond donors (Lipinski definition) is 2. The van der Waals surface area contributed by atoms with Gasteiger partial charge in [0.05, 0.1) is 17.2 Å². The Morgan fingerprint density at radius 3 is 2.62 bits per heavy atom. The van der Waals surface area contributed by atoms with Crippen molar-refractivity contribution in [3.8, 4) is 0 Å². The van der Waals surface area contributed by atoms with E-state index in [1.165, 1.54) is 6.33 Å². The molecule has 84 valence electrons. The van der Waals surface area contributed by atoms with Gasteiger partial charge in [0.25, 0.3) is 5.56 Å². The molecule has 2 aromatic rings. The standard InChI is InChI=1S/C8H6N2O.C3H6O2/c11-8-6-3-1-2-4-7(6)9-5-10-8;1-2-3(4)5/h1-5H,(H,9,10,11);2H2,1H3,(H,4,5). The van der Waals surface area contributed by atoms with E-state index >= 15 is 0 Å². The minimum absolute atomic E-state index is 0.0874. The topological polar surface area (TPSA) is 83.0 Å². The van der Waals surface area contributed by atoms with Crippen molar-refractivity contribution in [2.75, 3.05) is 0 Å². The fourth-order valence-electron chi connectivity index (χ4n) is 1.02. The average molecular weight is 220 g/mol. The smallest absolute Gasteiger partial charge is 0.303 e. The van der Waals surface area contributed by atoms with Gasteiger partial charge < -0.3 is 10.1 Å². The van der Waals surface area contributed by atoms with Crippen molar-refractivity contribution < 1.29 is 9.90 Å². The highest BCUT2D eigenvalue weighted by Gasteiger charge is 1.94. The molecule has 16 heavy (non-hydrogen) atoms. The monoisotopic (exact) mass is 220 g/mol. The van der Waals surface area contributed by atoms with E-state index in [-0.39, 0.29) is 12.0 Å². The Bertz CT molecular complexity index is 528. The first kappa shape index (κ1) is 11.9. The van der Waals surface area contributed by atoms with E-state index in [1.807, 2.05) is 18.2 Å². The number of benzene rings is 1. The zero-order valence-corrected chi connectivity index (χ0v) is 8.80. The third kappa shape index (κ3) is 3.20. The Hall–Kier alpha value is -2.17. The van der Waals surface area contributed by atoms with Crippen molar-refractivity contribution in [1.82, 2.24) is 9.97 Å². The van der Waals surface area contributed by atoms with Crippen molar-refractivity contribution in [3.05, 3.63) is 40.9 Å². The summed E-state index contributed by atoms with van der Waals surface area (Å²) in [7, 11) is 0. The number of nitrogens with one attached hydrogen (secondary N) is 1. The van der Waals surface area contributed by atoms with Crippen LogP contribution in [0.1, 0.15) is 13.3 Å². The number of aromatic amines is 1. The van der Waals surface area contributed by atoms with Crippen LogP contribution in [-0.2, 0) is 4.79 Å².